The number of carbonyl (C=O) groups is 1. The van der Waals surface area contributed by atoms with Crippen LogP contribution in [0.25, 0.3) is 17.0 Å². The van der Waals surface area contributed by atoms with Gasteiger partial charge in [-0.15, -0.1) is 0 Å². The van der Waals surface area contributed by atoms with Crippen molar-refractivity contribution in [2.75, 3.05) is 20.3 Å². The van der Waals surface area contributed by atoms with E-state index in [-0.39, 0.29) is 24.7 Å². The van der Waals surface area contributed by atoms with Crippen molar-refractivity contribution < 1.29 is 23.9 Å². The highest BCUT2D eigenvalue weighted by atomic mass is 35.5. The van der Waals surface area contributed by atoms with Crippen LogP contribution in [0.4, 0.5) is 0 Å². The lowest BCUT2D eigenvalue weighted by Crippen LogP contribution is -2.31. The molecule has 8 nitrogen and oxygen atoms in total. The molecule has 0 amide bonds. The van der Waals surface area contributed by atoms with E-state index in [0.29, 0.717) is 41.1 Å². The number of ether oxygens (including phenoxy) is 2. The number of hydrogen-bond donors (Lipinski definition) is 1. The fourth-order valence-corrected chi connectivity index (χ4v) is 4.36. The van der Waals surface area contributed by atoms with Crippen molar-refractivity contribution in [3.05, 3.63) is 59.0 Å². The third kappa shape index (κ3) is 5.12. The van der Waals surface area contributed by atoms with Gasteiger partial charge in [-0.3, -0.25) is 0 Å². The number of rotatable bonds is 9. The molecule has 1 aromatic carbocycles. The minimum absolute atomic E-state index is 0.0215. The molecule has 0 saturated heterocycles. The minimum Gasteiger partial charge on any atom is -0.489 e. The van der Waals surface area contributed by atoms with Crippen molar-refractivity contribution in [2.24, 2.45) is 5.92 Å². The summed E-state index contributed by atoms with van der Waals surface area (Å²) in [5.74, 6) is 0.672. The third-order valence-corrected chi connectivity index (χ3v) is 5.77. The van der Waals surface area contributed by atoms with Gasteiger partial charge in [-0.05, 0) is 50.2 Å². The number of carboxylic acid groups (broad SMARTS) is 1. The Labute approximate surface area is 197 Å². The molecular weight excluding hydrogens is 446 g/mol. The molecule has 2 unspecified atom stereocenters. The van der Waals surface area contributed by atoms with Gasteiger partial charge in [-0.2, -0.15) is 4.98 Å². The van der Waals surface area contributed by atoms with E-state index in [1.807, 2.05) is 39.1 Å². The van der Waals surface area contributed by atoms with Crippen LogP contribution in [0.5, 0.6) is 5.75 Å². The van der Waals surface area contributed by atoms with Gasteiger partial charge in [-0.25, -0.2) is 4.79 Å². The summed E-state index contributed by atoms with van der Waals surface area (Å²) < 4.78 is 16.5. The Morgan fingerprint density at radius 2 is 2.18 bits per heavy atom. The number of allylic oxidation sites excluding steroid dienone is 2. The number of hydrogen-bond acceptors (Lipinski definition) is 7. The minimum atomic E-state index is -0.968. The molecule has 4 rings (SSSR count). The zero-order valence-corrected chi connectivity index (χ0v) is 19.5. The lowest BCUT2D eigenvalue weighted by Gasteiger charge is -2.29. The summed E-state index contributed by atoms with van der Waals surface area (Å²) in [5.41, 5.74) is 2.84. The number of aliphatic carboxylic acids is 1. The van der Waals surface area contributed by atoms with Gasteiger partial charge in [0.15, 0.2) is 0 Å². The summed E-state index contributed by atoms with van der Waals surface area (Å²) in [6.45, 7) is 3.94. The number of carboxylic acids is 1. The molecule has 0 radical (unpaired) electrons. The Balaban J connectivity index is 1.49. The Morgan fingerprint density at radius 1 is 1.36 bits per heavy atom. The maximum absolute atomic E-state index is 10.7. The molecule has 9 heteroatoms. The van der Waals surface area contributed by atoms with Crippen LogP contribution in [0.3, 0.4) is 0 Å². The van der Waals surface area contributed by atoms with Crippen molar-refractivity contribution in [1.29, 1.82) is 0 Å². The normalized spacial score (nSPS) is 19.5. The van der Waals surface area contributed by atoms with Gasteiger partial charge in [0.25, 0.3) is 5.89 Å². The van der Waals surface area contributed by atoms with Crippen LogP contribution in [-0.4, -0.2) is 58.5 Å². The molecular formula is C24H26ClN3O5. The molecule has 33 heavy (non-hydrogen) atoms. The highest BCUT2D eigenvalue weighted by Gasteiger charge is 2.37. The first kappa shape index (κ1) is 23.1. The molecule has 0 spiro atoms. The molecule has 2 aromatic rings. The number of aromatic nitrogens is 2. The quantitative estimate of drug-likeness (QED) is 0.536. The first-order valence-electron chi connectivity index (χ1n) is 10.7. The lowest BCUT2D eigenvalue weighted by molar-refractivity contribution is -0.142. The van der Waals surface area contributed by atoms with E-state index in [2.05, 4.69) is 27.3 Å². The number of benzene rings is 1. The zero-order valence-electron chi connectivity index (χ0n) is 18.7. The van der Waals surface area contributed by atoms with Gasteiger partial charge in [0.1, 0.15) is 12.4 Å². The zero-order chi connectivity index (χ0) is 23.5. The number of halogens is 1. The standard InChI is InChI=1S/C24H26ClN3O5/c1-14(2)32-20-8-7-15(11-19(20)25)24-26-23(27-33-24)18-6-4-5-17-16(12-28(3)22(17)18)9-10-31-13-21(29)30/h4-8,11-12,14,17,22H,9-10,13H2,1-3H3,(H,29,30). The Hall–Kier alpha value is -3.10. The average Bonchev–Trinajstić information content (AvgIpc) is 3.38. The molecule has 174 valence electrons. The van der Waals surface area contributed by atoms with Crippen LogP contribution >= 0.6 is 11.6 Å². The van der Waals surface area contributed by atoms with Crippen LogP contribution in [-0.2, 0) is 9.53 Å². The summed E-state index contributed by atoms with van der Waals surface area (Å²) >= 11 is 6.36. The van der Waals surface area contributed by atoms with E-state index in [9.17, 15) is 4.79 Å². The van der Waals surface area contributed by atoms with Gasteiger partial charge in [0.2, 0.25) is 5.82 Å². The van der Waals surface area contributed by atoms with E-state index in [0.717, 1.165) is 5.57 Å². The van der Waals surface area contributed by atoms with E-state index >= 15 is 0 Å². The van der Waals surface area contributed by atoms with Gasteiger partial charge in [-0.1, -0.05) is 35.0 Å². The van der Waals surface area contributed by atoms with E-state index in [1.54, 1.807) is 12.1 Å². The summed E-state index contributed by atoms with van der Waals surface area (Å²) in [6.07, 6.45) is 8.88. The van der Waals surface area contributed by atoms with Crippen molar-refractivity contribution in [1.82, 2.24) is 15.0 Å². The molecule has 1 aliphatic heterocycles. The molecule has 0 bridgehead atoms. The molecule has 1 aromatic heterocycles. The smallest absolute Gasteiger partial charge is 0.329 e. The van der Waals surface area contributed by atoms with Crippen molar-refractivity contribution in [2.45, 2.75) is 32.4 Å². The SMILES string of the molecule is CC(C)Oc1ccc(-c2nc(C3=CC=CC4C(CCOCC(=O)O)=CN(C)C34)no2)cc1Cl. The van der Waals surface area contributed by atoms with Crippen LogP contribution in [0.1, 0.15) is 26.1 Å². The Kier molecular flexibility index (Phi) is 6.85. The summed E-state index contributed by atoms with van der Waals surface area (Å²) in [5, 5.41) is 13.5. The Bertz CT molecular complexity index is 1120. The van der Waals surface area contributed by atoms with Crippen molar-refractivity contribution >= 4 is 23.1 Å². The van der Waals surface area contributed by atoms with Crippen LogP contribution in [0, 0.1) is 5.92 Å². The predicted molar refractivity (Wildman–Crippen MR) is 124 cm³/mol. The maximum atomic E-state index is 10.7. The molecule has 1 aliphatic carbocycles. The first-order chi connectivity index (χ1) is 15.8. The number of fused-ring (bicyclic) bond motifs is 1. The van der Waals surface area contributed by atoms with Gasteiger partial charge in [0, 0.05) is 24.1 Å². The number of nitrogens with zero attached hydrogens (tertiary/aromatic N) is 3. The molecule has 0 saturated carbocycles. The van der Waals surface area contributed by atoms with Gasteiger partial charge < -0.3 is 24.0 Å². The summed E-state index contributed by atoms with van der Waals surface area (Å²) in [4.78, 5) is 17.4. The molecule has 0 fully saturated rings. The van der Waals surface area contributed by atoms with E-state index in [4.69, 9.17) is 30.7 Å². The molecule has 2 aliphatic rings. The van der Waals surface area contributed by atoms with Crippen molar-refractivity contribution in [3.8, 4) is 17.2 Å². The molecule has 2 atom stereocenters. The number of likely N-dealkylation sites (N-methyl/N-ethyl adjacent to an activating group) is 1. The third-order valence-electron chi connectivity index (χ3n) is 5.48. The van der Waals surface area contributed by atoms with Gasteiger partial charge >= 0.3 is 5.97 Å². The topological polar surface area (TPSA) is 97.9 Å². The highest BCUT2D eigenvalue weighted by Crippen LogP contribution is 2.40. The molecule has 2 heterocycles. The monoisotopic (exact) mass is 471 g/mol. The molecule has 1 N–H and O–H groups in total. The fraction of sp³-hybridized carbons (Fsp3) is 0.375. The Morgan fingerprint density at radius 3 is 2.91 bits per heavy atom. The van der Waals surface area contributed by atoms with Crippen LogP contribution < -0.4 is 4.74 Å². The first-order valence-corrected chi connectivity index (χ1v) is 11.1. The second-order valence-electron chi connectivity index (χ2n) is 8.28. The summed E-state index contributed by atoms with van der Waals surface area (Å²) in [6, 6.07) is 5.43. The average molecular weight is 472 g/mol. The largest absolute Gasteiger partial charge is 0.489 e. The lowest BCUT2D eigenvalue weighted by atomic mass is 9.84. The second-order valence-corrected chi connectivity index (χ2v) is 8.69. The highest BCUT2D eigenvalue weighted by molar-refractivity contribution is 6.32. The summed E-state index contributed by atoms with van der Waals surface area (Å²) in [7, 11) is 2.00. The van der Waals surface area contributed by atoms with E-state index < -0.39 is 5.97 Å². The predicted octanol–water partition coefficient (Wildman–Crippen LogP) is 4.44. The maximum Gasteiger partial charge on any atom is 0.329 e. The van der Waals surface area contributed by atoms with Crippen LogP contribution in [0.15, 0.2) is 52.7 Å². The van der Waals surface area contributed by atoms with Crippen LogP contribution in [0.2, 0.25) is 5.02 Å². The fourth-order valence-electron chi connectivity index (χ4n) is 4.13. The second kappa shape index (κ2) is 9.80. The van der Waals surface area contributed by atoms with Gasteiger partial charge in [0.05, 0.1) is 23.8 Å². The van der Waals surface area contributed by atoms with E-state index in [1.165, 1.54) is 5.57 Å². The van der Waals surface area contributed by atoms with Crippen molar-refractivity contribution in [3.63, 3.8) is 0 Å².